The van der Waals surface area contributed by atoms with Crippen LogP contribution >= 0.6 is 11.6 Å². The highest BCUT2D eigenvalue weighted by atomic mass is 35.5. The summed E-state index contributed by atoms with van der Waals surface area (Å²) in [7, 11) is 0. The van der Waals surface area contributed by atoms with E-state index in [0.717, 1.165) is 43.9 Å². The van der Waals surface area contributed by atoms with Crippen molar-refractivity contribution in [2.24, 2.45) is 0 Å². The Kier molecular flexibility index (Phi) is 4.15. The fourth-order valence-corrected chi connectivity index (χ4v) is 3.34. The van der Waals surface area contributed by atoms with Crippen LogP contribution in [0.2, 0.25) is 5.02 Å². The van der Waals surface area contributed by atoms with E-state index in [2.05, 4.69) is 29.6 Å². The first kappa shape index (κ1) is 14.9. The zero-order valence-electron chi connectivity index (χ0n) is 12.9. The van der Waals surface area contributed by atoms with Crippen molar-refractivity contribution < 1.29 is 9.47 Å². The summed E-state index contributed by atoms with van der Waals surface area (Å²) in [4.78, 5) is 0. The SMILES string of the molecule is Clc1ccc(OC2CCCc3ccccc32)c(OC2CNC2)c1. The molecule has 0 aromatic heterocycles. The van der Waals surface area contributed by atoms with E-state index in [9.17, 15) is 0 Å². The molecule has 1 saturated heterocycles. The summed E-state index contributed by atoms with van der Waals surface area (Å²) in [6.07, 6.45) is 3.60. The van der Waals surface area contributed by atoms with Gasteiger partial charge in [-0.3, -0.25) is 0 Å². The summed E-state index contributed by atoms with van der Waals surface area (Å²) in [5.74, 6) is 1.52. The molecule has 1 unspecified atom stereocenters. The third-order valence-corrected chi connectivity index (χ3v) is 4.76. The van der Waals surface area contributed by atoms with Crippen molar-refractivity contribution >= 4 is 11.6 Å². The lowest BCUT2D eigenvalue weighted by Crippen LogP contribution is -2.50. The molecular weight excluding hydrogens is 310 g/mol. The quantitative estimate of drug-likeness (QED) is 0.914. The molecule has 2 aromatic carbocycles. The fourth-order valence-electron chi connectivity index (χ4n) is 3.18. The smallest absolute Gasteiger partial charge is 0.163 e. The van der Waals surface area contributed by atoms with Gasteiger partial charge in [0.25, 0.3) is 0 Å². The van der Waals surface area contributed by atoms with Gasteiger partial charge < -0.3 is 14.8 Å². The minimum atomic E-state index is 0.0861. The standard InChI is InChI=1S/C19H20ClNO2/c20-14-8-9-18(19(10-14)22-15-11-21-12-15)23-17-7-3-5-13-4-1-2-6-16(13)17/h1-2,4,6,8-10,15,17,21H,3,5,7,11-12H2. The summed E-state index contributed by atoms with van der Waals surface area (Å²) < 4.78 is 12.4. The van der Waals surface area contributed by atoms with E-state index >= 15 is 0 Å². The van der Waals surface area contributed by atoms with Crippen LogP contribution in [0.4, 0.5) is 0 Å². The molecule has 0 spiro atoms. The first-order valence-electron chi connectivity index (χ1n) is 8.21. The largest absolute Gasteiger partial charge is 0.484 e. The van der Waals surface area contributed by atoms with Gasteiger partial charge in [-0.15, -0.1) is 0 Å². The molecule has 1 N–H and O–H groups in total. The lowest BCUT2D eigenvalue weighted by atomic mass is 9.89. The van der Waals surface area contributed by atoms with Crippen LogP contribution in [0.1, 0.15) is 30.1 Å². The average Bonchev–Trinajstić information content (AvgIpc) is 2.53. The molecule has 1 atom stereocenters. The maximum absolute atomic E-state index is 6.33. The summed E-state index contributed by atoms with van der Waals surface area (Å²) in [5.41, 5.74) is 2.69. The van der Waals surface area contributed by atoms with Gasteiger partial charge in [-0.05, 0) is 42.5 Å². The predicted molar refractivity (Wildman–Crippen MR) is 91.5 cm³/mol. The lowest BCUT2D eigenvalue weighted by molar-refractivity contribution is 0.123. The molecule has 4 rings (SSSR count). The van der Waals surface area contributed by atoms with Crippen molar-refractivity contribution in [1.29, 1.82) is 0 Å². The van der Waals surface area contributed by atoms with Crippen LogP contribution in [-0.4, -0.2) is 19.2 Å². The van der Waals surface area contributed by atoms with Gasteiger partial charge in [-0.2, -0.15) is 0 Å². The number of hydrogen-bond donors (Lipinski definition) is 1. The Hall–Kier alpha value is -1.71. The van der Waals surface area contributed by atoms with Crippen LogP contribution in [0, 0.1) is 0 Å². The van der Waals surface area contributed by atoms with E-state index in [0.29, 0.717) is 5.02 Å². The van der Waals surface area contributed by atoms with Gasteiger partial charge in [0.05, 0.1) is 0 Å². The molecule has 1 heterocycles. The summed E-state index contributed by atoms with van der Waals surface area (Å²) in [5, 5.41) is 3.88. The van der Waals surface area contributed by atoms with Crippen LogP contribution in [0.15, 0.2) is 42.5 Å². The van der Waals surface area contributed by atoms with E-state index < -0.39 is 0 Å². The maximum atomic E-state index is 6.33. The third-order valence-electron chi connectivity index (χ3n) is 4.53. The van der Waals surface area contributed by atoms with Crippen LogP contribution in [0.5, 0.6) is 11.5 Å². The number of rotatable bonds is 4. The molecular formula is C19H20ClNO2. The monoisotopic (exact) mass is 329 g/mol. The van der Waals surface area contributed by atoms with Gasteiger partial charge in [0.15, 0.2) is 11.5 Å². The normalized spacial score (nSPS) is 20.5. The minimum Gasteiger partial charge on any atom is -0.484 e. The zero-order chi connectivity index (χ0) is 15.6. The fraction of sp³-hybridized carbons (Fsp3) is 0.368. The van der Waals surface area contributed by atoms with E-state index in [1.807, 2.05) is 18.2 Å². The van der Waals surface area contributed by atoms with Crippen molar-refractivity contribution in [1.82, 2.24) is 5.32 Å². The number of nitrogens with one attached hydrogen (secondary N) is 1. The van der Waals surface area contributed by atoms with Gasteiger partial charge in [-0.25, -0.2) is 0 Å². The summed E-state index contributed by atoms with van der Waals surface area (Å²) in [6, 6.07) is 14.2. The van der Waals surface area contributed by atoms with Crippen molar-refractivity contribution in [2.45, 2.75) is 31.5 Å². The number of fused-ring (bicyclic) bond motifs is 1. The number of hydrogen-bond acceptors (Lipinski definition) is 3. The highest BCUT2D eigenvalue weighted by molar-refractivity contribution is 6.30. The molecule has 2 aliphatic rings. The van der Waals surface area contributed by atoms with E-state index in [1.54, 1.807) is 0 Å². The van der Waals surface area contributed by atoms with Crippen molar-refractivity contribution in [3.63, 3.8) is 0 Å². The van der Waals surface area contributed by atoms with Crippen LogP contribution in [-0.2, 0) is 6.42 Å². The third kappa shape index (κ3) is 3.17. The predicted octanol–water partition coefficient (Wildman–Crippen LogP) is 4.15. The second-order valence-corrected chi connectivity index (χ2v) is 6.62. The Morgan fingerprint density at radius 3 is 2.70 bits per heavy atom. The number of aryl methyl sites for hydroxylation is 1. The van der Waals surface area contributed by atoms with Crippen molar-refractivity contribution in [2.75, 3.05) is 13.1 Å². The number of benzene rings is 2. The maximum Gasteiger partial charge on any atom is 0.163 e. The number of halogens is 1. The zero-order valence-corrected chi connectivity index (χ0v) is 13.7. The van der Waals surface area contributed by atoms with Gasteiger partial charge in [-0.1, -0.05) is 35.9 Å². The van der Waals surface area contributed by atoms with Crippen LogP contribution in [0.25, 0.3) is 0 Å². The molecule has 120 valence electrons. The molecule has 0 bridgehead atoms. The second-order valence-electron chi connectivity index (χ2n) is 6.19. The Morgan fingerprint density at radius 2 is 1.87 bits per heavy atom. The highest BCUT2D eigenvalue weighted by Gasteiger charge is 2.24. The average molecular weight is 330 g/mol. The molecule has 0 saturated carbocycles. The second kappa shape index (κ2) is 6.42. The topological polar surface area (TPSA) is 30.5 Å². The van der Waals surface area contributed by atoms with Crippen molar-refractivity contribution in [3.05, 3.63) is 58.6 Å². The van der Waals surface area contributed by atoms with Gasteiger partial charge in [0.1, 0.15) is 12.2 Å². The summed E-state index contributed by atoms with van der Waals surface area (Å²) >= 11 is 6.13. The minimum absolute atomic E-state index is 0.0861. The Bertz CT molecular complexity index is 700. The molecule has 2 aromatic rings. The van der Waals surface area contributed by atoms with Crippen molar-refractivity contribution in [3.8, 4) is 11.5 Å². The molecule has 1 fully saturated rings. The Morgan fingerprint density at radius 1 is 1.00 bits per heavy atom. The first-order valence-corrected chi connectivity index (χ1v) is 8.59. The van der Waals surface area contributed by atoms with Crippen LogP contribution < -0.4 is 14.8 Å². The molecule has 1 aliphatic heterocycles. The number of ether oxygens (including phenoxy) is 2. The molecule has 3 nitrogen and oxygen atoms in total. The lowest BCUT2D eigenvalue weighted by Gasteiger charge is -2.30. The molecule has 4 heteroatoms. The molecule has 1 aliphatic carbocycles. The molecule has 0 amide bonds. The van der Waals surface area contributed by atoms with E-state index in [4.69, 9.17) is 21.1 Å². The highest BCUT2D eigenvalue weighted by Crippen LogP contribution is 2.38. The summed E-state index contributed by atoms with van der Waals surface area (Å²) in [6.45, 7) is 1.75. The van der Waals surface area contributed by atoms with Crippen LogP contribution in [0.3, 0.4) is 0 Å². The van der Waals surface area contributed by atoms with E-state index in [-0.39, 0.29) is 12.2 Å². The first-order chi connectivity index (χ1) is 11.3. The van der Waals surface area contributed by atoms with Gasteiger partial charge >= 0.3 is 0 Å². The Balaban J connectivity index is 1.59. The van der Waals surface area contributed by atoms with E-state index in [1.165, 1.54) is 11.1 Å². The Labute approximate surface area is 141 Å². The van der Waals surface area contributed by atoms with Gasteiger partial charge in [0, 0.05) is 24.2 Å². The van der Waals surface area contributed by atoms with Gasteiger partial charge in [0.2, 0.25) is 0 Å². The molecule has 0 radical (unpaired) electrons. The molecule has 23 heavy (non-hydrogen) atoms.